The Bertz CT molecular complexity index is 2790. The molecule has 0 amide bonds. The number of anilines is 3. The van der Waals surface area contributed by atoms with Crippen LogP contribution in [0.4, 0.5) is 17.1 Å². The first-order valence-electron chi connectivity index (χ1n) is 18.4. The molecule has 0 N–H and O–H groups in total. The zero-order valence-corrected chi connectivity index (χ0v) is 29.6. The number of fused-ring (bicyclic) bond motifs is 5. The molecule has 0 spiro atoms. The van der Waals surface area contributed by atoms with Crippen LogP contribution in [0.25, 0.3) is 77.2 Å². The third-order valence-corrected chi connectivity index (χ3v) is 10.5. The van der Waals surface area contributed by atoms with Gasteiger partial charge in [0.25, 0.3) is 0 Å². The zero-order chi connectivity index (χ0) is 35.8. The van der Waals surface area contributed by atoms with Crippen molar-refractivity contribution in [2.45, 2.75) is 0 Å². The predicted octanol–water partition coefficient (Wildman–Crippen LogP) is 14.9. The summed E-state index contributed by atoms with van der Waals surface area (Å²) in [6, 6.07) is 75.7. The van der Waals surface area contributed by atoms with Crippen molar-refractivity contribution in [2.24, 2.45) is 0 Å². The van der Waals surface area contributed by atoms with Crippen molar-refractivity contribution in [1.29, 1.82) is 0 Å². The fourth-order valence-corrected chi connectivity index (χ4v) is 7.78. The minimum absolute atomic E-state index is 0.873. The Morgan fingerprint density at radius 1 is 0.278 bits per heavy atom. The van der Waals surface area contributed by atoms with Gasteiger partial charge in [-0.3, -0.25) is 0 Å². The third-order valence-electron chi connectivity index (χ3n) is 10.5. The van der Waals surface area contributed by atoms with Crippen molar-refractivity contribution < 1.29 is 4.42 Å². The number of hydrogen-bond donors (Lipinski definition) is 0. The molecular weight excluding hydrogens is 655 g/mol. The van der Waals surface area contributed by atoms with E-state index in [4.69, 9.17) is 4.42 Å². The molecule has 0 aliphatic rings. The molecule has 0 saturated heterocycles. The molecule has 10 aromatic rings. The number of furan rings is 1. The summed E-state index contributed by atoms with van der Waals surface area (Å²) in [7, 11) is 0. The summed E-state index contributed by atoms with van der Waals surface area (Å²) >= 11 is 0. The van der Waals surface area contributed by atoms with Crippen molar-refractivity contribution in [3.63, 3.8) is 0 Å². The SMILES string of the molecule is c1ccc(-c2ccc(-c3c(N(c4ccc(-c5ccccc5)cc4)c4ccc(-c5ccccc5)cc4)ccc4c3oc3c5ccccc5ccc43)cc2)cc1. The Balaban J connectivity index is 1.21. The molecule has 2 heteroatoms. The highest BCUT2D eigenvalue weighted by Gasteiger charge is 2.23. The highest BCUT2D eigenvalue weighted by Crippen LogP contribution is 2.48. The standard InChI is InChI=1S/C52H35NO/c1-4-12-36(13-5-1)39-20-22-43(23-21-39)50-49(35-34-48-47-33-28-42-18-10-11-19-46(42)51(47)54-52(48)50)53(44-29-24-40(25-30-44)37-14-6-2-7-15-37)45-31-26-41(27-32-45)38-16-8-3-9-17-38/h1-35H. The van der Waals surface area contributed by atoms with Gasteiger partial charge in [0.2, 0.25) is 0 Å². The van der Waals surface area contributed by atoms with Crippen molar-refractivity contribution in [3.05, 3.63) is 212 Å². The second-order valence-electron chi connectivity index (χ2n) is 13.7. The maximum absolute atomic E-state index is 7.06. The Hall–Kier alpha value is -7.16. The molecular formula is C52H35NO. The second-order valence-corrected chi connectivity index (χ2v) is 13.7. The van der Waals surface area contributed by atoms with Gasteiger partial charge in [-0.05, 0) is 86.8 Å². The minimum atomic E-state index is 0.873. The number of rotatable bonds is 7. The van der Waals surface area contributed by atoms with E-state index in [0.29, 0.717) is 0 Å². The Morgan fingerprint density at radius 3 is 1.22 bits per heavy atom. The van der Waals surface area contributed by atoms with Crippen LogP contribution in [-0.2, 0) is 0 Å². The fourth-order valence-electron chi connectivity index (χ4n) is 7.78. The van der Waals surface area contributed by atoms with E-state index in [1.54, 1.807) is 0 Å². The summed E-state index contributed by atoms with van der Waals surface area (Å²) in [6.45, 7) is 0. The molecule has 0 radical (unpaired) electrons. The topological polar surface area (TPSA) is 16.4 Å². The van der Waals surface area contributed by atoms with Crippen molar-refractivity contribution in [2.75, 3.05) is 4.90 Å². The van der Waals surface area contributed by atoms with Gasteiger partial charge in [0.15, 0.2) is 0 Å². The molecule has 0 unspecified atom stereocenters. The monoisotopic (exact) mass is 689 g/mol. The number of nitrogens with zero attached hydrogens (tertiary/aromatic N) is 1. The van der Waals surface area contributed by atoms with E-state index in [0.717, 1.165) is 60.9 Å². The highest BCUT2D eigenvalue weighted by atomic mass is 16.3. The van der Waals surface area contributed by atoms with Crippen molar-refractivity contribution in [3.8, 4) is 44.5 Å². The summed E-state index contributed by atoms with van der Waals surface area (Å²) in [4.78, 5) is 2.37. The molecule has 2 nitrogen and oxygen atoms in total. The Labute approximate surface area is 314 Å². The van der Waals surface area contributed by atoms with Gasteiger partial charge in [0, 0.05) is 33.1 Å². The van der Waals surface area contributed by atoms with E-state index in [9.17, 15) is 0 Å². The minimum Gasteiger partial charge on any atom is -0.455 e. The summed E-state index contributed by atoms with van der Waals surface area (Å²) in [5.74, 6) is 0. The lowest BCUT2D eigenvalue weighted by atomic mass is 9.95. The lowest BCUT2D eigenvalue weighted by molar-refractivity contribution is 0.674. The summed E-state index contributed by atoms with van der Waals surface area (Å²) in [5, 5.41) is 4.49. The van der Waals surface area contributed by atoms with E-state index < -0.39 is 0 Å². The van der Waals surface area contributed by atoms with Crippen LogP contribution in [0.15, 0.2) is 217 Å². The van der Waals surface area contributed by atoms with Gasteiger partial charge >= 0.3 is 0 Å². The maximum Gasteiger partial charge on any atom is 0.145 e. The van der Waals surface area contributed by atoms with Crippen LogP contribution in [-0.4, -0.2) is 0 Å². The molecule has 1 heterocycles. The lowest BCUT2D eigenvalue weighted by Crippen LogP contribution is -2.11. The van der Waals surface area contributed by atoms with E-state index in [2.05, 4.69) is 217 Å². The van der Waals surface area contributed by atoms with Crippen LogP contribution in [0.1, 0.15) is 0 Å². The second kappa shape index (κ2) is 13.4. The molecule has 0 fully saturated rings. The molecule has 10 rings (SSSR count). The van der Waals surface area contributed by atoms with E-state index in [-0.39, 0.29) is 0 Å². The van der Waals surface area contributed by atoms with Crippen LogP contribution in [0.3, 0.4) is 0 Å². The maximum atomic E-state index is 7.06. The van der Waals surface area contributed by atoms with E-state index in [1.165, 1.54) is 33.4 Å². The zero-order valence-electron chi connectivity index (χ0n) is 29.6. The Morgan fingerprint density at radius 2 is 0.685 bits per heavy atom. The fraction of sp³-hybridized carbons (Fsp3) is 0. The molecule has 0 aliphatic heterocycles. The molecule has 54 heavy (non-hydrogen) atoms. The summed E-state index contributed by atoms with van der Waals surface area (Å²) in [5.41, 5.74) is 14.2. The molecule has 9 aromatic carbocycles. The van der Waals surface area contributed by atoms with Gasteiger partial charge in [0.1, 0.15) is 11.2 Å². The van der Waals surface area contributed by atoms with Gasteiger partial charge < -0.3 is 9.32 Å². The van der Waals surface area contributed by atoms with Gasteiger partial charge in [0.05, 0.1) is 5.69 Å². The van der Waals surface area contributed by atoms with Crippen molar-refractivity contribution in [1.82, 2.24) is 0 Å². The largest absolute Gasteiger partial charge is 0.455 e. The van der Waals surface area contributed by atoms with Gasteiger partial charge in [-0.25, -0.2) is 0 Å². The van der Waals surface area contributed by atoms with E-state index >= 15 is 0 Å². The lowest BCUT2D eigenvalue weighted by Gasteiger charge is -2.28. The summed E-state index contributed by atoms with van der Waals surface area (Å²) in [6.07, 6.45) is 0. The molecule has 0 saturated carbocycles. The third kappa shape index (κ3) is 5.62. The highest BCUT2D eigenvalue weighted by molar-refractivity contribution is 6.19. The average Bonchev–Trinajstić information content (AvgIpc) is 3.65. The molecule has 0 bridgehead atoms. The van der Waals surface area contributed by atoms with Crippen molar-refractivity contribution >= 4 is 49.8 Å². The number of benzene rings is 9. The smallest absolute Gasteiger partial charge is 0.145 e. The summed E-state index contributed by atoms with van der Waals surface area (Å²) < 4.78 is 7.06. The van der Waals surface area contributed by atoms with Gasteiger partial charge in [-0.15, -0.1) is 0 Å². The van der Waals surface area contributed by atoms with Crippen LogP contribution >= 0.6 is 0 Å². The number of hydrogen-bond acceptors (Lipinski definition) is 2. The molecule has 0 aliphatic carbocycles. The first-order valence-corrected chi connectivity index (χ1v) is 18.4. The molecule has 254 valence electrons. The normalized spacial score (nSPS) is 11.3. The van der Waals surface area contributed by atoms with Crippen LogP contribution in [0, 0.1) is 0 Å². The van der Waals surface area contributed by atoms with Gasteiger partial charge in [-0.1, -0.05) is 170 Å². The predicted molar refractivity (Wildman–Crippen MR) is 228 cm³/mol. The van der Waals surface area contributed by atoms with Crippen LogP contribution in [0.5, 0.6) is 0 Å². The average molecular weight is 690 g/mol. The molecule has 0 atom stereocenters. The van der Waals surface area contributed by atoms with Crippen LogP contribution in [0.2, 0.25) is 0 Å². The van der Waals surface area contributed by atoms with E-state index in [1.807, 2.05) is 0 Å². The van der Waals surface area contributed by atoms with Crippen LogP contribution < -0.4 is 4.90 Å². The first kappa shape index (κ1) is 31.6. The molecule has 1 aromatic heterocycles. The quantitative estimate of drug-likeness (QED) is 0.166. The first-order chi connectivity index (χ1) is 26.8. The Kier molecular flexibility index (Phi) is 7.85. The van der Waals surface area contributed by atoms with Gasteiger partial charge in [-0.2, -0.15) is 0 Å².